The van der Waals surface area contributed by atoms with Crippen molar-refractivity contribution in [3.05, 3.63) is 35.4 Å². The number of benzene rings is 1. The summed E-state index contributed by atoms with van der Waals surface area (Å²) < 4.78 is 5.40. The third-order valence-corrected chi connectivity index (χ3v) is 4.21. The summed E-state index contributed by atoms with van der Waals surface area (Å²) in [5.74, 6) is 0. The molecular formula is C15H23NO2. The molecule has 0 amide bonds. The molecule has 0 aliphatic carbocycles. The van der Waals surface area contributed by atoms with Crippen LogP contribution in [0.25, 0.3) is 0 Å². The van der Waals surface area contributed by atoms with Crippen molar-refractivity contribution in [2.45, 2.75) is 32.3 Å². The van der Waals surface area contributed by atoms with Gasteiger partial charge in [-0.15, -0.1) is 0 Å². The molecule has 1 saturated heterocycles. The van der Waals surface area contributed by atoms with E-state index in [9.17, 15) is 5.11 Å². The predicted molar refractivity (Wildman–Crippen MR) is 72.3 cm³/mol. The number of hydrogen-bond donors (Lipinski definition) is 2. The van der Waals surface area contributed by atoms with E-state index < -0.39 is 6.10 Å². The van der Waals surface area contributed by atoms with Gasteiger partial charge in [-0.1, -0.05) is 31.2 Å². The Balaban J connectivity index is 2.30. The second-order valence-electron chi connectivity index (χ2n) is 5.13. The Labute approximate surface area is 109 Å². The van der Waals surface area contributed by atoms with E-state index in [1.54, 1.807) is 0 Å². The average Bonchev–Trinajstić information content (AvgIpc) is 2.47. The van der Waals surface area contributed by atoms with Crippen LogP contribution < -0.4 is 5.73 Å². The van der Waals surface area contributed by atoms with Crippen LogP contribution in [-0.4, -0.2) is 24.9 Å². The molecule has 1 heterocycles. The van der Waals surface area contributed by atoms with Crippen LogP contribution in [0.2, 0.25) is 0 Å². The van der Waals surface area contributed by atoms with Crippen molar-refractivity contribution in [2.75, 3.05) is 19.8 Å². The van der Waals surface area contributed by atoms with Gasteiger partial charge in [0.1, 0.15) is 0 Å². The molecule has 1 unspecified atom stereocenters. The Morgan fingerprint density at radius 3 is 2.61 bits per heavy atom. The molecule has 1 aliphatic rings. The lowest BCUT2D eigenvalue weighted by molar-refractivity contribution is -0.0584. The molecule has 0 radical (unpaired) electrons. The molecule has 1 aliphatic heterocycles. The van der Waals surface area contributed by atoms with Crippen LogP contribution in [0, 0.1) is 5.41 Å². The Hall–Kier alpha value is -0.900. The monoisotopic (exact) mass is 249 g/mol. The Kier molecular flexibility index (Phi) is 4.38. The Morgan fingerprint density at radius 2 is 2.00 bits per heavy atom. The number of ether oxygens (including phenoxy) is 1. The van der Waals surface area contributed by atoms with Gasteiger partial charge in [-0.25, -0.2) is 0 Å². The zero-order valence-corrected chi connectivity index (χ0v) is 11.1. The largest absolute Gasteiger partial charge is 0.388 e. The molecule has 1 aromatic carbocycles. The highest BCUT2D eigenvalue weighted by molar-refractivity contribution is 5.30. The van der Waals surface area contributed by atoms with Crippen molar-refractivity contribution in [2.24, 2.45) is 11.1 Å². The van der Waals surface area contributed by atoms with E-state index in [4.69, 9.17) is 10.5 Å². The van der Waals surface area contributed by atoms with Gasteiger partial charge in [0.25, 0.3) is 0 Å². The summed E-state index contributed by atoms with van der Waals surface area (Å²) in [5.41, 5.74) is 7.98. The minimum atomic E-state index is -0.484. The number of rotatable bonds is 4. The fraction of sp³-hybridized carbons (Fsp3) is 0.600. The first-order chi connectivity index (χ1) is 8.73. The summed E-state index contributed by atoms with van der Waals surface area (Å²) in [4.78, 5) is 0. The first-order valence-corrected chi connectivity index (χ1v) is 6.77. The molecule has 18 heavy (non-hydrogen) atoms. The normalized spacial score (nSPS) is 20.6. The third-order valence-electron chi connectivity index (χ3n) is 4.21. The molecule has 0 bridgehead atoms. The Morgan fingerprint density at radius 1 is 1.33 bits per heavy atom. The van der Waals surface area contributed by atoms with Crippen LogP contribution in [0.1, 0.15) is 37.0 Å². The topological polar surface area (TPSA) is 55.5 Å². The molecule has 0 spiro atoms. The maximum atomic E-state index is 10.8. The van der Waals surface area contributed by atoms with Crippen molar-refractivity contribution in [1.29, 1.82) is 0 Å². The maximum absolute atomic E-state index is 10.8. The van der Waals surface area contributed by atoms with E-state index in [-0.39, 0.29) is 5.41 Å². The summed E-state index contributed by atoms with van der Waals surface area (Å²) in [5, 5.41) is 10.8. The smallest absolute Gasteiger partial charge is 0.0862 e. The third kappa shape index (κ3) is 2.44. The van der Waals surface area contributed by atoms with Crippen molar-refractivity contribution in [3.63, 3.8) is 0 Å². The van der Waals surface area contributed by atoms with Crippen LogP contribution >= 0.6 is 0 Å². The minimum absolute atomic E-state index is 0.219. The standard InChI is InChI=1S/C15H23NO2/c1-2-12-5-3-4-6-13(12)14(17)15(11-16)7-9-18-10-8-15/h3-6,14,17H,2,7-11,16H2,1H3. The van der Waals surface area contributed by atoms with E-state index in [0.717, 1.165) is 24.8 Å². The van der Waals surface area contributed by atoms with E-state index >= 15 is 0 Å². The summed E-state index contributed by atoms with van der Waals surface area (Å²) in [6, 6.07) is 8.12. The number of aliphatic hydroxyl groups excluding tert-OH is 1. The van der Waals surface area contributed by atoms with Gasteiger partial charge in [-0.05, 0) is 30.4 Å². The minimum Gasteiger partial charge on any atom is -0.388 e. The first-order valence-electron chi connectivity index (χ1n) is 6.77. The molecule has 1 fully saturated rings. The van der Waals surface area contributed by atoms with Crippen LogP contribution in [0.15, 0.2) is 24.3 Å². The first kappa shape index (κ1) is 13.5. The fourth-order valence-electron chi connectivity index (χ4n) is 2.82. The molecule has 2 rings (SSSR count). The second kappa shape index (κ2) is 5.83. The lowest BCUT2D eigenvalue weighted by Crippen LogP contribution is -2.42. The van der Waals surface area contributed by atoms with Crippen LogP contribution in [0.5, 0.6) is 0 Å². The van der Waals surface area contributed by atoms with Gasteiger partial charge in [0.15, 0.2) is 0 Å². The van der Waals surface area contributed by atoms with Crippen LogP contribution in [0.4, 0.5) is 0 Å². The van der Waals surface area contributed by atoms with Gasteiger partial charge in [0.2, 0.25) is 0 Å². The molecule has 1 atom stereocenters. The summed E-state index contributed by atoms with van der Waals surface area (Å²) in [6.45, 7) is 4.02. The fourth-order valence-corrected chi connectivity index (χ4v) is 2.82. The van der Waals surface area contributed by atoms with Gasteiger partial charge in [0, 0.05) is 25.2 Å². The highest BCUT2D eigenvalue weighted by Crippen LogP contribution is 2.42. The molecule has 100 valence electrons. The average molecular weight is 249 g/mol. The lowest BCUT2D eigenvalue weighted by atomic mass is 9.72. The molecular weight excluding hydrogens is 226 g/mol. The highest BCUT2D eigenvalue weighted by atomic mass is 16.5. The summed E-state index contributed by atoms with van der Waals surface area (Å²) in [6.07, 6.45) is 2.12. The summed E-state index contributed by atoms with van der Waals surface area (Å²) in [7, 11) is 0. The van der Waals surface area contributed by atoms with Gasteiger partial charge in [-0.2, -0.15) is 0 Å². The number of hydrogen-bond acceptors (Lipinski definition) is 3. The highest BCUT2D eigenvalue weighted by Gasteiger charge is 2.39. The molecule has 3 N–H and O–H groups in total. The molecule has 1 aromatic rings. The number of nitrogens with two attached hydrogens (primary N) is 1. The molecule has 0 saturated carbocycles. The van der Waals surface area contributed by atoms with Crippen molar-refractivity contribution >= 4 is 0 Å². The van der Waals surface area contributed by atoms with Gasteiger partial charge in [-0.3, -0.25) is 0 Å². The number of aryl methyl sites for hydroxylation is 1. The van der Waals surface area contributed by atoms with Gasteiger partial charge < -0.3 is 15.6 Å². The van der Waals surface area contributed by atoms with Crippen molar-refractivity contribution in [1.82, 2.24) is 0 Å². The van der Waals surface area contributed by atoms with Crippen molar-refractivity contribution in [3.8, 4) is 0 Å². The van der Waals surface area contributed by atoms with E-state index in [1.807, 2.05) is 18.2 Å². The summed E-state index contributed by atoms with van der Waals surface area (Å²) >= 11 is 0. The molecule has 3 nitrogen and oxygen atoms in total. The van der Waals surface area contributed by atoms with Crippen molar-refractivity contribution < 1.29 is 9.84 Å². The zero-order valence-electron chi connectivity index (χ0n) is 11.1. The van der Waals surface area contributed by atoms with Gasteiger partial charge in [0.05, 0.1) is 6.10 Å². The maximum Gasteiger partial charge on any atom is 0.0862 e. The lowest BCUT2D eigenvalue weighted by Gasteiger charge is -2.40. The molecule has 3 heteroatoms. The van der Waals surface area contributed by atoms with Crippen LogP contribution in [-0.2, 0) is 11.2 Å². The SMILES string of the molecule is CCc1ccccc1C(O)C1(CN)CCOCC1. The van der Waals surface area contributed by atoms with Gasteiger partial charge >= 0.3 is 0 Å². The number of aliphatic hydroxyl groups is 1. The van der Waals surface area contributed by atoms with E-state index in [2.05, 4.69) is 13.0 Å². The van der Waals surface area contributed by atoms with E-state index in [0.29, 0.717) is 19.8 Å². The Bertz CT molecular complexity index is 386. The zero-order chi connectivity index (χ0) is 13.0. The van der Waals surface area contributed by atoms with E-state index in [1.165, 1.54) is 5.56 Å². The predicted octanol–water partition coefficient (Wildman–Crippen LogP) is 2.04. The molecule has 0 aromatic heterocycles. The quantitative estimate of drug-likeness (QED) is 0.858. The van der Waals surface area contributed by atoms with Crippen LogP contribution in [0.3, 0.4) is 0 Å². The second-order valence-corrected chi connectivity index (χ2v) is 5.13.